The summed E-state index contributed by atoms with van der Waals surface area (Å²) in [6.45, 7) is 8.75. The van der Waals surface area contributed by atoms with Gasteiger partial charge in [0.2, 0.25) is 5.91 Å². The zero-order valence-electron chi connectivity index (χ0n) is 22.4. The molecule has 1 heterocycles. The van der Waals surface area contributed by atoms with Crippen LogP contribution in [0.1, 0.15) is 41.0 Å². The zero-order chi connectivity index (χ0) is 27.8. The molecule has 2 amide bonds. The first-order valence-corrected chi connectivity index (χ1v) is 13.1. The van der Waals surface area contributed by atoms with Crippen LogP contribution < -0.4 is 10.2 Å². The first-order valence-electron chi connectivity index (χ1n) is 13.1. The van der Waals surface area contributed by atoms with E-state index < -0.39 is 59.1 Å². The summed E-state index contributed by atoms with van der Waals surface area (Å²) in [7, 11) is 0. The summed E-state index contributed by atoms with van der Waals surface area (Å²) in [5, 5.41) is 37.2. The van der Waals surface area contributed by atoms with Crippen molar-refractivity contribution in [3.63, 3.8) is 0 Å². The number of carbonyl (C=O) groups is 3. The molecule has 1 fully saturated rings. The van der Waals surface area contributed by atoms with E-state index in [1.54, 1.807) is 43.3 Å². The van der Waals surface area contributed by atoms with Gasteiger partial charge < -0.3 is 25.4 Å². The van der Waals surface area contributed by atoms with Crippen LogP contribution in [0.5, 0.6) is 0 Å². The number of aliphatic hydroxyl groups is 3. The average Bonchev–Trinajstić information content (AvgIpc) is 3.04. The molecule has 9 nitrogen and oxygen atoms in total. The van der Waals surface area contributed by atoms with Crippen LogP contribution in [0.25, 0.3) is 0 Å². The topological polar surface area (TPSA) is 136 Å². The number of Topliss-reactive ketones (excluding diaryl/α,β-unsaturated/α-hetero) is 1. The minimum atomic E-state index is -2.26. The lowest BCUT2D eigenvalue weighted by Crippen LogP contribution is -2.66. The number of carbonyl (C=O) groups excluding carboxylic acids is 3. The third-order valence-electron chi connectivity index (χ3n) is 9.72. The quantitative estimate of drug-likeness (QED) is 0.437. The van der Waals surface area contributed by atoms with Crippen LogP contribution in [0.4, 0.5) is 16.2 Å². The maximum atomic E-state index is 14.5. The Balaban J connectivity index is 1.62. The smallest absolute Gasteiger partial charge is 0.415 e. The molecular weight excluding hydrogens is 488 g/mol. The second-order valence-corrected chi connectivity index (χ2v) is 12.0. The Labute approximate surface area is 222 Å². The SMILES string of the molecule is CC1=C[C@]23C(=O)[C@@H](C=C(CO)[C@@H](O)[C@]2(O)[C@H]1OC(=O)N1CC(=O)Nc2ccccc21)C(C)(C)[C@H](C)C[C@H]3C. The number of anilines is 2. The summed E-state index contributed by atoms with van der Waals surface area (Å²) in [6, 6.07) is 6.79. The van der Waals surface area contributed by atoms with Gasteiger partial charge in [-0.3, -0.25) is 14.5 Å². The van der Waals surface area contributed by atoms with E-state index in [4.69, 9.17) is 4.74 Å². The number of ether oxygens (including phenoxy) is 1. The minimum Gasteiger partial charge on any atom is -0.438 e. The first kappa shape index (κ1) is 26.6. The highest BCUT2D eigenvalue weighted by Crippen LogP contribution is 2.62. The molecular formula is C29H36N2O7. The molecule has 4 N–H and O–H groups in total. The molecule has 0 unspecified atom stereocenters. The summed E-state index contributed by atoms with van der Waals surface area (Å²) in [5.41, 5.74) is -2.90. The lowest BCUT2D eigenvalue weighted by atomic mass is 9.59. The van der Waals surface area contributed by atoms with Crippen LogP contribution in [-0.4, -0.2) is 64.1 Å². The number of nitrogens with zero attached hydrogens (tertiary/aromatic N) is 1. The summed E-state index contributed by atoms with van der Waals surface area (Å²) in [6.07, 6.45) is -0.0765. The number of allylic oxidation sites excluding steroid dienone is 1. The van der Waals surface area contributed by atoms with E-state index in [0.29, 0.717) is 23.4 Å². The van der Waals surface area contributed by atoms with Crippen LogP contribution in [-0.2, 0) is 14.3 Å². The maximum absolute atomic E-state index is 14.5. The molecule has 1 saturated carbocycles. The molecule has 204 valence electrons. The Morgan fingerprint density at radius 1 is 1.18 bits per heavy atom. The van der Waals surface area contributed by atoms with E-state index in [1.807, 2.05) is 20.8 Å². The van der Waals surface area contributed by atoms with Crippen molar-refractivity contribution in [3.05, 3.63) is 47.6 Å². The molecule has 1 aromatic carbocycles. The van der Waals surface area contributed by atoms with Crippen LogP contribution in [0, 0.1) is 28.6 Å². The predicted molar refractivity (Wildman–Crippen MR) is 140 cm³/mol. The Kier molecular flexibility index (Phi) is 6.13. The molecule has 1 spiro atoms. The highest BCUT2D eigenvalue weighted by Gasteiger charge is 2.73. The van der Waals surface area contributed by atoms with Gasteiger partial charge in [-0.05, 0) is 53.9 Å². The van der Waals surface area contributed by atoms with Crippen molar-refractivity contribution in [2.45, 2.75) is 58.8 Å². The van der Waals surface area contributed by atoms with Crippen molar-refractivity contribution < 1.29 is 34.4 Å². The third-order valence-corrected chi connectivity index (χ3v) is 9.72. The normalized spacial score (nSPS) is 37.7. The molecule has 38 heavy (non-hydrogen) atoms. The third kappa shape index (κ3) is 3.38. The van der Waals surface area contributed by atoms with E-state index in [9.17, 15) is 29.7 Å². The average molecular weight is 525 g/mol. The number of ketones is 1. The number of hydrogen-bond donors (Lipinski definition) is 4. The van der Waals surface area contributed by atoms with Gasteiger partial charge >= 0.3 is 6.09 Å². The van der Waals surface area contributed by atoms with E-state index in [-0.39, 0.29) is 23.8 Å². The van der Waals surface area contributed by atoms with Crippen molar-refractivity contribution in [2.24, 2.45) is 28.6 Å². The van der Waals surface area contributed by atoms with Crippen LogP contribution >= 0.6 is 0 Å². The van der Waals surface area contributed by atoms with Crippen molar-refractivity contribution >= 4 is 29.2 Å². The Hall–Kier alpha value is -3.01. The fourth-order valence-electron chi connectivity index (χ4n) is 7.21. The van der Waals surface area contributed by atoms with Crippen molar-refractivity contribution in [3.8, 4) is 0 Å². The van der Waals surface area contributed by atoms with Gasteiger partial charge in [-0.15, -0.1) is 0 Å². The van der Waals surface area contributed by atoms with Crippen molar-refractivity contribution in [2.75, 3.05) is 23.4 Å². The highest BCUT2D eigenvalue weighted by atomic mass is 16.6. The molecule has 9 heteroatoms. The van der Waals surface area contributed by atoms with Gasteiger partial charge in [-0.25, -0.2) is 4.79 Å². The highest BCUT2D eigenvalue weighted by molar-refractivity contribution is 6.08. The van der Waals surface area contributed by atoms with E-state index in [2.05, 4.69) is 12.2 Å². The largest absolute Gasteiger partial charge is 0.438 e. The fourth-order valence-corrected chi connectivity index (χ4v) is 7.21. The fraction of sp³-hybridized carbons (Fsp3) is 0.552. The number of hydrogen-bond acceptors (Lipinski definition) is 7. The second-order valence-electron chi connectivity index (χ2n) is 12.0. The molecule has 5 rings (SSSR count). The molecule has 0 aromatic heterocycles. The molecule has 7 atom stereocenters. The van der Waals surface area contributed by atoms with Crippen LogP contribution in [0.3, 0.4) is 0 Å². The number of amides is 2. The second kappa shape index (κ2) is 8.76. The molecule has 2 bridgehead atoms. The van der Waals surface area contributed by atoms with Gasteiger partial charge in [0.1, 0.15) is 12.6 Å². The Bertz CT molecular complexity index is 1270. The van der Waals surface area contributed by atoms with Crippen LogP contribution in [0.2, 0.25) is 0 Å². The first-order chi connectivity index (χ1) is 17.8. The number of para-hydroxylation sites is 2. The molecule has 3 aliphatic carbocycles. The zero-order valence-corrected chi connectivity index (χ0v) is 22.4. The summed E-state index contributed by atoms with van der Waals surface area (Å²) >= 11 is 0. The van der Waals surface area contributed by atoms with Gasteiger partial charge in [-0.2, -0.15) is 0 Å². The summed E-state index contributed by atoms with van der Waals surface area (Å²) in [4.78, 5) is 41.6. The lowest BCUT2D eigenvalue weighted by Gasteiger charge is -2.48. The molecule has 0 saturated heterocycles. The van der Waals surface area contributed by atoms with Crippen LogP contribution in [0.15, 0.2) is 47.6 Å². The summed E-state index contributed by atoms with van der Waals surface area (Å²) < 4.78 is 5.93. The summed E-state index contributed by atoms with van der Waals surface area (Å²) in [5.74, 6) is -1.66. The molecule has 1 aliphatic heterocycles. The van der Waals surface area contributed by atoms with Crippen molar-refractivity contribution in [1.29, 1.82) is 0 Å². The van der Waals surface area contributed by atoms with Gasteiger partial charge in [0.25, 0.3) is 0 Å². The van der Waals surface area contributed by atoms with E-state index in [0.717, 1.165) is 0 Å². The Morgan fingerprint density at radius 2 is 1.87 bits per heavy atom. The van der Waals surface area contributed by atoms with Crippen molar-refractivity contribution in [1.82, 2.24) is 0 Å². The van der Waals surface area contributed by atoms with E-state index >= 15 is 0 Å². The van der Waals surface area contributed by atoms with E-state index in [1.165, 1.54) is 4.90 Å². The maximum Gasteiger partial charge on any atom is 0.415 e. The number of rotatable bonds is 2. The number of nitrogens with one attached hydrogen (secondary N) is 1. The van der Waals surface area contributed by atoms with Gasteiger partial charge in [0.15, 0.2) is 17.5 Å². The standard InChI is InChI=1S/C29H36N2O7/c1-15-12-28-17(3)10-16(2)27(4,5)19(24(28)35)11-18(14-32)23(34)29(28,37)25(15)38-26(36)31-13-22(33)30-20-8-6-7-9-21(20)31/h6-9,11-12,16-17,19,23,25,32,34,37H,10,13-14H2,1-5H3,(H,30,33)/t16-,17-,19-,23-,25+,28+,29+/m1/s1. The Morgan fingerprint density at radius 3 is 2.55 bits per heavy atom. The number of aliphatic hydroxyl groups excluding tert-OH is 2. The molecule has 4 aliphatic rings. The monoisotopic (exact) mass is 524 g/mol. The molecule has 0 radical (unpaired) electrons. The number of fused-ring (bicyclic) bond motifs is 2. The van der Waals surface area contributed by atoms with Gasteiger partial charge in [0, 0.05) is 5.92 Å². The van der Waals surface area contributed by atoms with Gasteiger partial charge in [-0.1, -0.05) is 52.0 Å². The lowest BCUT2D eigenvalue weighted by molar-refractivity contribution is -0.189. The van der Waals surface area contributed by atoms with Gasteiger partial charge in [0.05, 0.1) is 23.4 Å². The molecule has 1 aromatic rings. The minimum absolute atomic E-state index is 0.0835. The number of benzene rings is 1. The predicted octanol–water partition coefficient (Wildman–Crippen LogP) is 2.81.